The van der Waals surface area contributed by atoms with E-state index in [1.54, 1.807) is 13.8 Å². The molecule has 0 saturated carbocycles. The number of aliphatic carboxylic acids is 1. The first-order valence-electron chi connectivity index (χ1n) is 5.09. The molecule has 0 amide bonds. The molecule has 0 aromatic heterocycles. The Morgan fingerprint density at radius 2 is 2.07 bits per heavy atom. The maximum Gasteiger partial charge on any atom is 0.324 e. The van der Waals surface area contributed by atoms with Crippen LogP contribution in [0, 0.1) is 0 Å². The van der Waals surface area contributed by atoms with Gasteiger partial charge in [0.1, 0.15) is 5.54 Å². The topological polar surface area (TPSA) is 60.9 Å². The summed E-state index contributed by atoms with van der Waals surface area (Å²) in [6.07, 6.45) is 0.924. The van der Waals surface area contributed by atoms with Gasteiger partial charge in [0.15, 0.2) is 11.2 Å². The van der Waals surface area contributed by atoms with Crippen LogP contribution in [-0.2, 0) is 16.0 Å². The number of hydrogen-bond donors (Lipinski definition) is 1. The molecule has 1 saturated heterocycles. The van der Waals surface area contributed by atoms with Gasteiger partial charge in [-0.25, -0.2) is 8.51 Å². The molecule has 1 atom stereocenters. The second-order valence-electron chi connectivity index (χ2n) is 4.13. The number of rotatable bonds is 4. The molecule has 1 unspecified atom stereocenters. The van der Waals surface area contributed by atoms with Crippen molar-refractivity contribution in [3.8, 4) is 0 Å². The Hall–Kier alpha value is -0.460. The van der Waals surface area contributed by atoms with E-state index >= 15 is 0 Å². The van der Waals surface area contributed by atoms with Crippen molar-refractivity contribution in [2.45, 2.75) is 32.7 Å². The maximum atomic E-state index is 11.9. The summed E-state index contributed by atoms with van der Waals surface area (Å²) in [5.41, 5.74) is -1.06. The van der Waals surface area contributed by atoms with Crippen LogP contribution in [-0.4, -0.2) is 49.1 Å². The molecule has 1 rings (SSSR count). The summed E-state index contributed by atoms with van der Waals surface area (Å²) in [6.45, 7) is 7.16. The summed E-state index contributed by atoms with van der Waals surface area (Å²) < 4.78 is 15.3. The predicted octanol–water partition coefficient (Wildman–Crippen LogP) is 0.456. The van der Waals surface area contributed by atoms with E-state index in [-0.39, 0.29) is 0 Å². The summed E-state index contributed by atoms with van der Waals surface area (Å²) in [5.74, 6) is -0.936. The van der Waals surface area contributed by atoms with E-state index < -0.39 is 22.7 Å². The number of carboxylic acid groups (broad SMARTS) is 1. The van der Waals surface area contributed by atoms with Gasteiger partial charge >= 0.3 is 5.97 Å². The minimum atomic E-state index is -1.30. The van der Waals surface area contributed by atoms with E-state index in [1.165, 1.54) is 4.31 Å². The third-order valence-electron chi connectivity index (χ3n) is 2.58. The Morgan fingerprint density at radius 1 is 1.47 bits per heavy atom. The lowest BCUT2D eigenvalue weighted by Crippen LogP contribution is -2.49. The molecule has 0 aliphatic carbocycles. The van der Waals surface area contributed by atoms with Gasteiger partial charge in [0.25, 0.3) is 0 Å². The summed E-state index contributed by atoms with van der Waals surface area (Å²) in [5, 5.41) is 9.04. The smallest absolute Gasteiger partial charge is 0.324 e. The monoisotopic (exact) mass is 234 g/mol. The van der Waals surface area contributed by atoms with Crippen LogP contribution in [0.15, 0.2) is 0 Å². The number of carbonyl (C=O) groups is 1. The summed E-state index contributed by atoms with van der Waals surface area (Å²) in [6, 6.07) is 0. The second-order valence-corrected chi connectivity index (χ2v) is 5.54. The number of hydrogen-bond acceptors (Lipinski definition) is 2. The van der Waals surface area contributed by atoms with Gasteiger partial charge in [-0.2, -0.15) is 4.31 Å². The number of nitrogens with zero attached hydrogens (tertiary/aromatic N) is 2. The predicted molar refractivity (Wildman–Crippen MR) is 58.4 cm³/mol. The molecule has 1 fully saturated rings. The summed E-state index contributed by atoms with van der Waals surface area (Å²) >= 11 is -1.30. The van der Waals surface area contributed by atoms with Crippen molar-refractivity contribution in [2.75, 3.05) is 19.6 Å². The van der Waals surface area contributed by atoms with Crippen molar-refractivity contribution in [1.82, 2.24) is 8.61 Å². The van der Waals surface area contributed by atoms with Gasteiger partial charge in [0.2, 0.25) is 0 Å². The van der Waals surface area contributed by atoms with Crippen LogP contribution < -0.4 is 0 Å². The maximum absolute atomic E-state index is 11.9. The zero-order valence-corrected chi connectivity index (χ0v) is 10.2. The van der Waals surface area contributed by atoms with Crippen LogP contribution in [0.1, 0.15) is 27.2 Å². The average Bonchev–Trinajstić information content (AvgIpc) is 2.49. The fraction of sp³-hybridized carbons (Fsp3) is 0.889. The van der Waals surface area contributed by atoms with Crippen molar-refractivity contribution >= 4 is 17.1 Å². The van der Waals surface area contributed by atoms with Crippen molar-refractivity contribution in [3.63, 3.8) is 0 Å². The van der Waals surface area contributed by atoms with Gasteiger partial charge in [-0.1, -0.05) is 6.92 Å². The molecule has 88 valence electrons. The molecule has 0 spiro atoms. The van der Waals surface area contributed by atoms with Gasteiger partial charge in [0, 0.05) is 19.6 Å². The molecule has 0 bridgehead atoms. The zero-order chi connectivity index (χ0) is 11.6. The Morgan fingerprint density at radius 3 is 2.53 bits per heavy atom. The first kappa shape index (κ1) is 12.6. The lowest BCUT2D eigenvalue weighted by atomic mass is 10.1. The van der Waals surface area contributed by atoms with E-state index in [4.69, 9.17) is 5.11 Å². The molecule has 1 heterocycles. The third-order valence-corrected chi connectivity index (χ3v) is 4.40. The molecule has 0 aromatic rings. The van der Waals surface area contributed by atoms with Crippen LogP contribution in [0.2, 0.25) is 0 Å². The first-order valence-corrected chi connectivity index (χ1v) is 6.15. The molecule has 1 N–H and O–H groups in total. The summed E-state index contributed by atoms with van der Waals surface area (Å²) in [4.78, 5) is 11.0. The van der Waals surface area contributed by atoms with E-state index in [2.05, 4.69) is 0 Å². The molecule has 6 heteroatoms. The average molecular weight is 234 g/mol. The van der Waals surface area contributed by atoms with Crippen LogP contribution >= 0.6 is 0 Å². The van der Waals surface area contributed by atoms with Gasteiger partial charge in [0.05, 0.1) is 0 Å². The highest BCUT2D eigenvalue weighted by molar-refractivity contribution is 7.80. The highest BCUT2D eigenvalue weighted by Crippen LogP contribution is 2.23. The zero-order valence-electron chi connectivity index (χ0n) is 9.39. The Labute approximate surface area is 92.8 Å². The Bertz CT molecular complexity index is 281. The van der Waals surface area contributed by atoms with Crippen molar-refractivity contribution in [2.24, 2.45) is 0 Å². The van der Waals surface area contributed by atoms with Crippen molar-refractivity contribution < 1.29 is 14.1 Å². The lowest BCUT2D eigenvalue weighted by molar-refractivity contribution is -0.146. The van der Waals surface area contributed by atoms with Gasteiger partial charge < -0.3 is 5.11 Å². The Balaban J connectivity index is 2.75. The fourth-order valence-corrected chi connectivity index (χ4v) is 3.08. The summed E-state index contributed by atoms with van der Waals surface area (Å²) in [7, 11) is 0. The molecule has 15 heavy (non-hydrogen) atoms. The first-order chi connectivity index (χ1) is 6.91. The van der Waals surface area contributed by atoms with Crippen LogP contribution in [0.4, 0.5) is 0 Å². The Kier molecular flexibility index (Phi) is 3.86. The largest absolute Gasteiger partial charge is 0.480 e. The van der Waals surface area contributed by atoms with Gasteiger partial charge in [-0.05, 0) is 20.3 Å². The second kappa shape index (κ2) is 4.59. The van der Waals surface area contributed by atoms with E-state index in [0.29, 0.717) is 13.1 Å². The van der Waals surface area contributed by atoms with Crippen molar-refractivity contribution in [1.29, 1.82) is 0 Å². The van der Waals surface area contributed by atoms with Crippen LogP contribution in [0.5, 0.6) is 0 Å². The highest BCUT2D eigenvalue weighted by atomic mass is 32.2. The van der Waals surface area contributed by atoms with E-state index in [0.717, 1.165) is 13.0 Å². The van der Waals surface area contributed by atoms with Gasteiger partial charge in [-0.15, -0.1) is 0 Å². The SMILES string of the molecule is CCCN1CCN(C(C)(C)C(=O)O)S1=O. The fourth-order valence-electron chi connectivity index (χ4n) is 1.52. The molecule has 1 aliphatic rings. The lowest BCUT2D eigenvalue weighted by Gasteiger charge is -2.29. The standard InChI is InChI=1S/C9H18N2O3S/c1-4-5-10-6-7-11(15(10)14)9(2,3)8(12)13/h4-7H2,1-3H3,(H,12,13). The molecule has 5 nitrogen and oxygen atoms in total. The molecule has 0 aromatic carbocycles. The molecular weight excluding hydrogens is 216 g/mol. The van der Waals surface area contributed by atoms with E-state index in [1.807, 2.05) is 11.2 Å². The normalized spacial score (nSPS) is 24.6. The molecular formula is C9H18N2O3S. The third kappa shape index (κ3) is 2.38. The quantitative estimate of drug-likeness (QED) is 0.768. The minimum Gasteiger partial charge on any atom is -0.480 e. The highest BCUT2D eigenvalue weighted by Gasteiger charge is 2.43. The molecule has 0 radical (unpaired) electrons. The van der Waals surface area contributed by atoms with Crippen LogP contribution in [0.25, 0.3) is 0 Å². The minimum absolute atomic E-state index is 0.548. The number of carboxylic acids is 1. The van der Waals surface area contributed by atoms with E-state index in [9.17, 15) is 9.00 Å². The van der Waals surface area contributed by atoms with Crippen molar-refractivity contribution in [3.05, 3.63) is 0 Å². The molecule has 1 aliphatic heterocycles. The van der Waals surface area contributed by atoms with Gasteiger partial charge in [-0.3, -0.25) is 4.79 Å². The van der Waals surface area contributed by atoms with Crippen LogP contribution in [0.3, 0.4) is 0 Å².